The quantitative estimate of drug-likeness (QED) is 0.489. The van der Waals surface area contributed by atoms with Gasteiger partial charge in [0.25, 0.3) is 0 Å². The fraction of sp³-hybridized carbons (Fsp3) is 0.455. The van der Waals surface area contributed by atoms with Crippen molar-refractivity contribution in [3.05, 3.63) is 35.8 Å². The van der Waals surface area contributed by atoms with Crippen molar-refractivity contribution in [1.82, 2.24) is 19.5 Å². The molecule has 3 N–H and O–H groups in total. The van der Waals surface area contributed by atoms with Gasteiger partial charge in [-0.1, -0.05) is 0 Å². The Morgan fingerprint density at radius 1 is 1.09 bits per heavy atom. The molecule has 1 aliphatic heterocycles. The number of carboxylic acids is 1. The normalized spacial score (nSPS) is 22.7. The van der Waals surface area contributed by atoms with Crippen LogP contribution >= 0.6 is 0 Å². The molecule has 1 aromatic carbocycles. The monoisotopic (exact) mass is 476 g/mol. The van der Waals surface area contributed by atoms with Crippen LogP contribution in [0.1, 0.15) is 38.1 Å². The summed E-state index contributed by atoms with van der Waals surface area (Å²) in [4.78, 5) is 24.5. The average Bonchev–Trinajstić information content (AvgIpc) is 3.43. The molecule has 12 heteroatoms. The van der Waals surface area contributed by atoms with Crippen molar-refractivity contribution >= 4 is 34.7 Å². The zero-order valence-corrected chi connectivity index (χ0v) is 18.1. The number of nitrogens with one attached hydrogen (secondary N) is 2. The Morgan fingerprint density at radius 3 is 2.47 bits per heavy atom. The zero-order chi connectivity index (χ0) is 23.8. The first kappa shape index (κ1) is 22.4. The summed E-state index contributed by atoms with van der Waals surface area (Å²) in [5, 5.41) is 15.1. The fourth-order valence-electron chi connectivity index (χ4n) is 4.56. The van der Waals surface area contributed by atoms with Gasteiger partial charge in [-0.25, -0.2) is 23.1 Å². The summed E-state index contributed by atoms with van der Waals surface area (Å²) in [5.74, 6) is -3.77. The Balaban J connectivity index is 1.46. The van der Waals surface area contributed by atoms with Gasteiger partial charge in [-0.3, -0.25) is 9.36 Å². The number of carbonyl (C=O) groups is 1. The fourth-order valence-corrected chi connectivity index (χ4v) is 4.56. The van der Waals surface area contributed by atoms with Gasteiger partial charge in [0.15, 0.2) is 17.3 Å². The zero-order valence-electron chi connectivity index (χ0n) is 18.1. The minimum Gasteiger partial charge on any atom is -0.481 e. The lowest BCUT2D eigenvalue weighted by molar-refractivity contribution is -0.142. The van der Waals surface area contributed by atoms with Crippen molar-refractivity contribution < 1.29 is 27.8 Å². The van der Waals surface area contributed by atoms with E-state index in [1.54, 1.807) is 4.57 Å². The third kappa shape index (κ3) is 4.37. The molecule has 5 rings (SSSR count). The standard InChI is InChI=1S/C22H23F3N6O3/c23-12-7-15(24)18(16(25)8-12)29-22-28-17-9-26-21(27-13-3-1-11(2-4-13)20(32)33)30-19(17)31(22)14-5-6-34-10-14/h7-9,11,13-14H,1-6,10H2,(H,28,29)(H,32,33)(H,26,27,30)/t11?,13?,14-/m1/s1. The van der Waals surface area contributed by atoms with Gasteiger partial charge in [-0.05, 0) is 32.1 Å². The van der Waals surface area contributed by atoms with E-state index in [4.69, 9.17) is 4.74 Å². The third-order valence-electron chi connectivity index (χ3n) is 6.36. The number of aliphatic carboxylic acids is 1. The summed E-state index contributed by atoms with van der Waals surface area (Å²) >= 11 is 0. The molecule has 0 spiro atoms. The molecule has 1 saturated carbocycles. The number of nitrogens with zero attached hydrogens (tertiary/aromatic N) is 4. The highest BCUT2D eigenvalue weighted by Crippen LogP contribution is 2.32. The highest BCUT2D eigenvalue weighted by atomic mass is 19.1. The Bertz CT molecular complexity index is 1200. The molecular weight excluding hydrogens is 453 g/mol. The maximum Gasteiger partial charge on any atom is 0.306 e. The number of benzene rings is 1. The summed E-state index contributed by atoms with van der Waals surface area (Å²) in [7, 11) is 0. The van der Waals surface area contributed by atoms with Gasteiger partial charge in [0.2, 0.25) is 11.9 Å². The molecule has 9 nitrogen and oxygen atoms in total. The highest BCUT2D eigenvalue weighted by Gasteiger charge is 2.28. The molecule has 1 saturated heterocycles. The Hall–Kier alpha value is -3.41. The Kier molecular flexibility index (Phi) is 5.98. The van der Waals surface area contributed by atoms with Gasteiger partial charge in [-0.2, -0.15) is 4.98 Å². The smallest absolute Gasteiger partial charge is 0.306 e. The molecule has 34 heavy (non-hydrogen) atoms. The van der Waals surface area contributed by atoms with Gasteiger partial charge >= 0.3 is 5.97 Å². The van der Waals surface area contributed by atoms with E-state index in [0.717, 1.165) is 0 Å². The van der Waals surface area contributed by atoms with E-state index in [9.17, 15) is 23.1 Å². The van der Waals surface area contributed by atoms with Crippen molar-refractivity contribution in [3.63, 3.8) is 0 Å². The first-order valence-corrected chi connectivity index (χ1v) is 11.1. The van der Waals surface area contributed by atoms with Crippen LogP contribution in [-0.4, -0.2) is 49.9 Å². The molecule has 2 aromatic heterocycles. The molecule has 0 unspecified atom stereocenters. The molecule has 1 aliphatic carbocycles. The lowest BCUT2D eigenvalue weighted by atomic mass is 9.86. The first-order valence-electron chi connectivity index (χ1n) is 11.1. The van der Waals surface area contributed by atoms with E-state index < -0.39 is 29.1 Å². The lowest BCUT2D eigenvalue weighted by Crippen LogP contribution is -2.29. The van der Waals surface area contributed by atoms with Crippen molar-refractivity contribution in [2.75, 3.05) is 23.8 Å². The predicted octanol–water partition coefficient (Wildman–Crippen LogP) is 4.00. The molecule has 0 radical (unpaired) electrons. The van der Waals surface area contributed by atoms with E-state index >= 15 is 0 Å². The second-order valence-corrected chi connectivity index (χ2v) is 8.63. The first-order chi connectivity index (χ1) is 16.4. The van der Waals surface area contributed by atoms with E-state index in [0.29, 0.717) is 74.6 Å². The van der Waals surface area contributed by atoms with Crippen LogP contribution in [0.5, 0.6) is 0 Å². The number of rotatable bonds is 6. The number of hydrogen-bond acceptors (Lipinski definition) is 7. The molecular formula is C22H23F3N6O3. The van der Waals surface area contributed by atoms with E-state index in [-0.39, 0.29) is 23.9 Å². The number of halogens is 3. The van der Waals surface area contributed by atoms with Crippen LogP contribution in [0.3, 0.4) is 0 Å². The molecule has 0 bridgehead atoms. The topological polar surface area (TPSA) is 114 Å². The van der Waals surface area contributed by atoms with Crippen LogP contribution in [0.4, 0.5) is 30.8 Å². The second kappa shape index (κ2) is 9.09. The van der Waals surface area contributed by atoms with Crippen LogP contribution in [0.25, 0.3) is 11.2 Å². The van der Waals surface area contributed by atoms with Crippen LogP contribution in [-0.2, 0) is 9.53 Å². The van der Waals surface area contributed by atoms with E-state index in [2.05, 4.69) is 25.6 Å². The Morgan fingerprint density at radius 2 is 1.82 bits per heavy atom. The number of aromatic nitrogens is 4. The molecule has 1 atom stereocenters. The minimum atomic E-state index is -1.08. The largest absolute Gasteiger partial charge is 0.481 e. The molecule has 2 fully saturated rings. The SMILES string of the molecule is O=C(O)C1CCC(Nc2ncc3nc(Nc4c(F)cc(F)cc4F)n([C@@H]4CCOC4)c3n2)CC1. The summed E-state index contributed by atoms with van der Waals surface area (Å²) in [6.07, 6.45) is 4.70. The molecule has 0 amide bonds. The predicted molar refractivity (Wildman–Crippen MR) is 116 cm³/mol. The maximum atomic E-state index is 14.3. The summed E-state index contributed by atoms with van der Waals surface area (Å²) in [6, 6.07) is 1.06. The van der Waals surface area contributed by atoms with Gasteiger partial charge in [0.1, 0.15) is 17.0 Å². The number of carboxylic acid groups (broad SMARTS) is 1. The van der Waals surface area contributed by atoms with Crippen molar-refractivity contribution in [3.8, 4) is 0 Å². The number of fused-ring (bicyclic) bond motifs is 1. The molecule has 180 valence electrons. The summed E-state index contributed by atoms with van der Waals surface area (Å²) in [5.41, 5.74) is 0.355. The number of anilines is 3. The number of ether oxygens (including phenoxy) is 1. The van der Waals surface area contributed by atoms with Crippen molar-refractivity contribution in [1.29, 1.82) is 0 Å². The van der Waals surface area contributed by atoms with Gasteiger partial charge in [0.05, 0.1) is 24.8 Å². The Labute approximate surface area is 192 Å². The van der Waals surface area contributed by atoms with Crippen molar-refractivity contribution in [2.24, 2.45) is 5.92 Å². The molecule has 3 aromatic rings. The minimum absolute atomic E-state index is 0.0410. The number of imidazole rings is 1. The lowest BCUT2D eigenvalue weighted by Gasteiger charge is -2.26. The van der Waals surface area contributed by atoms with Gasteiger partial charge in [0, 0.05) is 24.8 Å². The van der Waals surface area contributed by atoms with Crippen LogP contribution < -0.4 is 10.6 Å². The van der Waals surface area contributed by atoms with Gasteiger partial charge < -0.3 is 20.5 Å². The van der Waals surface area contributed by atoms with E-state index in [1.807, 2.05) is 0 Å². The maximum absolute atomic E-state index is 14.3. The second-order valence-electron chi connectivity index (χ2n) is 8.63. The van der Waals surface area contributed by atoms with Crippen LogP contribution in [0.2, 0.25) is 0 Å². The highest BCUT2D eigenvalue weighted by molar-refractivity contribution is 5.77. The average molecular weight is 476 g/mol. The van der Waals surface area contributed by atoms with Crippen molar-refractivity contribution in [2.45, 2.75) is 44.2 Å². The van der Waals surface area contributed by atoms with Gasteiger partial charge in [-0.15, -0.1) is 0 Å². The van der Waals surface area contributed by atoms with E-state index in [1.165, 1.54) is 6.20 Å². The van der Waals surface area contributed by atoms with Crippen LogP contribution in [0.15, 0.2) is 18.3 Å². The summed E-state index contributed by atoms with van der Waals surface area (Å²) < 4.78 is 49.1. The number of hydrogen-bond donors (Lipinski definition) is 3. The molecule has 2 aliphatic rings. The summed E-state index contributed by atoms with van der Waals surface area (Å²) in [6.45, 7) is 0.895. The van der Waals surface area contributed by atoms with Crippen LogP contribution in [0, 0.1) is 23.4 Å². The third-order valence-corrected chi connectivity index (χ3v) is 6.36. The molecule has 3 heterocycles.